The average Bonchev–Trinajstić information content (AvgIpc) is 2.91. The molecule has 24 heavy (non-hydrogen) atoms. The maximum atomic E-state index is 12.4. The van der Waals surface area contributed by atoms with Gasteiger partial charge in [-0.2, -0.15) is 0 Å². The summed E-state index contributed by atoms with van der Waals surface area (Å²) in [5, 5.41) is 0.633. The Labute approximate surface area is 141 Å². The summed E-state index contributed by atoms with van der Waals surface area (Å²) in [6.07, 6.45) is 5.10. The highest BCUT2D eigenvalue weighted by Gasteiger charge is 2.34. The van der Waals surface area contributed by atoms with Crippen molar-refractivity contribution in [1.82, 2.24) is 14.9 Å². The van der Waals surface area contributed by atoms with E-state index in [1.165, 1.54) is 19.3 Å². The van der Waals surface area contributed by atoms with Crippen LogP contribution in [0.2, 0.25) is 0 Å². The number of nitrogens with one attached hydrogen (secondary N) is 1. The number of carbonyl (C=O) groups is 1. The number of rotatable bonds is 4. The van der Waals surface area contributed by atoms with Gasteiger partial charge in [-0.3, -0.25) is 9.59 Å². The van der Waals surface area contributed by atoms with E-state index in [-0.39, 0.29) is 17.4 Å². The summed E-state index contributed by atoms with van der Waals surface area (Å²) in [6.45, 7) is 3.61. The van der Waals surface area contributed by atoms with Gasteiger partial charge in [0, 0.05) is 25.4 Å². The number of hydrogen-bond donors (Lipinski definition) is 1. The fraction of sp³-hybridized carbons (Fsp3) is 0.526. The molecule has 126 valence electrons. The number of carbonyl (C=O) groups excluding carboxylic acids is 1. The first-order chi connectivity index (χ1) is 11.6. The fourth-order valence-electron chi connectivity index (χ4n) is 3.74. The monoisotopic (exact) mass is 325 g/mol. The van der Waals surface area contributed by atoms with Gasteiger partial charge in [0.15, 0.2) is 0 Å². The summed E-state index contributed by atoms with van der Waals surface area (Å²) in [6, 6.07) is 5.84. The van der Waals surface area contributed by atoms with Gasteiger partial charge in [-0.15, -0.1) is 0 Å². The largest absolute Gasteiger partial charge is 0.342 e. The molecule has 1 aromatic carbocycles. The lowest BCUT2D eigenvalue weighted by Gasteiger charge is -2.30. The zero-order chi connectivity index (χ0) is 16.7. The van der Waals surface area contributed by atoms with Crippen LogP contribution in [0.3, 0.4) is 0 Å². The van der Waals surface area contributed by atoms with Crippen molar-refractivity contribution in [1.29, 1.82) is 0 Å². The van der Waals surface area contributed by atoms with Gasteiger partial charge in [-0.1, -0.05) is 19.4 Å². The standard InChI is InChI=1S/C19H23N3O2/c1-2-12-6-7-16-15(8-12)19(24)21-18(20-16)14-9-17(23)22(11-14)10-13-4-3-5-13/h6-8,13-14H,2-5,9-11H2,1H3,(H,20,21,24). The molecule has 1 atom stereocenters. The number of hydrogen-bond acceptors (Lipinski definition) is 3. The smallest absolute Gasteiger partial charge is 0.258 e. The molecule has 1 saturated carbocycles. The van der Waals surface area contributed by atoms with Crippen molar-refractivity contribution in [3.63, 3.8) is 0 Å². The molecule has 0 spiro atoms. The molecule has 1 aromatic heterocycles. The Hall–Kier alpha value is -2.17. The molecule has 1 amide bonds. The van der Waals surface area contributed by atoms with Crippen molar-refractivity contribution >= 4 is 16.8 Å². The van der Waals surface area contributed by atoms with Gasteiger partial charge in [0.25, 0.3) is 5.56 Å². The Bertz CT molecular complexity index is 838. The van der Waals surface area contributed by atoms with Gasteiger partial charge in [0.05, 0.1) is 10.9 Å². The second kappa shape index (κ2) is 6.04. The van der Waals surface area contributed by atoms with E-state index in [0.29, 0.717) is 30.1 Å². The van der Waals surface area contributed by atoms with Crippen molar-refractivity contribution in [3.05, 3.63) is 39.9 Å². The maximum Gasteiger partial charge on any atom is 0.258 e. The van der Waals surface area contributed by atoms with Crippen molar-refractivity contribution in [2.24, 2.45) is 5.92 Å². The average molecular weight is 325 g/mol. The number of nitrogens with zero attached hydrogens (tertiary/aromatic N) is 2. The third-order valence-corrected chi connectivity index (χ3v) is 5.50. The van der Waals surface area contributed by atoms with Crippen molar-refractivity contribution in [3.8, 4) is 0 Å². The molecule has 5 heteroatoms. The van der Waals surface area contributed by atoms with Crippen LogP contribution in [0.4, 0.5) is 0 Å². The summed E-state index contributed by atoms with van der Waals surface area (Å²) in [4.78, 5) is 34.2. The molecule has 2 fully saturated rings. The van der Waals surface area contributed by atoms with Gasteiger partial charge in [-0.05, 0) is 42.9 Å². The summed E-state index contributed by atoms with van der Waals surface area (Å²) in [5.41, 5.74) is 1.75. The van der Waals surface area contributed by atoms with Gasteiger partial charge < -0.3 is 9.88 Å². The van der Waals surface area contributed by atoms with E-state index < -0.39 is 0 Å². The molecule has 1 aliphatic heterocycles. The minimum Gasteiger partial charge on any atom is -0.342 e. The van der Waals surface area contributed by atoms with E-state index in [2.05, 4.69) is 16.9 Å². The molecule has 0 radical (unpaired) electrons. The normalized spacial score (nSPS) is 21.5. The van der Waals surface area contributed by atoms with E-state index in [4.69, 9.17) is 0 Å². The van der Waals surface area contributed by atoms with Crippen LogP contribution in [0.15, 0.2) is 23.0 Å². The van der Waals surface area contributed by atoms with Crippen LogP contribution in [0.5, 0.6) is 0 Å². The molecule has 0 bridgehead atoms. The Morgan fingerprint density at radius 1 is 1.29 bits per heavy atom. The third kappa shape index (κ3) is 2.72. The molecule has 1 aliphatic carbocycles. The zero-order valence-electron chi connectivity index (χ0n) is 14.0. The second-order valence-electron chi connectivity index (χ2n) is 7.15. The van der Waals surface area contributed by atoms with Crippen LogP contribution in [0.25, 0.3) is 10.9 Å². The molecule has 2 aliphatic rings. The topological polar surface area (TPSA) is 66.1 Å². The van der Waals surface area contributed by atoms with E-state index in [0.717, 1.165) is 24.0 Å². The summed E-state index contributed by atoms with van der Waals surface area (Å²) in [7, 11) is 0. The first-order valence-corrected chi connectivity index (χ1v) is 8.94. The van der Waals surface area contributed by atoms with Crippen LogP contribution < -0.4 is 5.56 Å². The Kier molecular flexibility index (Phi) is 3.87. The van der Waals surface area contributed by atoms with Crippen molar-refractivity contribution in [2.75, 3.05) is 13.1 Å². The van der Waals surface area contributed by atoms with Crippen LogP contribution in [0, 0.1) is 5.92 Å². The number of likely N-dealkylation sites (tertiary alicyclic amines) is 1. The zero-order valence-corrected chi connectivity index (χ0v) is 14.0. The van der Waals surface area contributed by atoms with Crippen molar-refractivity contribution < 1.29 is 4.79 Å². The second-order valence-corrected chi connectivity index (χ2v) is 7.15. The van der Waals surface area contributed by atoms with Gasteiger partial charge in [-0.25, -0.2) is 4.98 Å². The number of aryl methyl sites for hydroxylation is 1. The fourth-order valence-corrected chi connectivity index (χ4v) is 3.74. The van der Waals surface area contributed by atoms with Crippen LogP contribution in [0.1, 0.15) is 49.9 Å². The summed E-state index contributed by atoms with van der Waals surface area (Å²) >= 11 is 0. The van der Waals surface area contributed by atoms with Gasteiger partial charge in [0.2, 0.25) is 5.91 Å². The third-order valence-electron chi connectivity index (χ3n) is 5.50. The molecule has 2 heterocycles. The Balaban J connectivity index is 1.60. The predicted molar refractivity (Wildman–Crippen MR) is 93.0 cm³/mol. The summed E-state index contributed by atoms with van der Waals surface area (Å²) < 4.78 is 0. The number of fused-ring (bicyclic) bond motifs is 1. The molecule has 1 N–H and O–H groups in total. The van der Waals surface area contributed by atoms with E-state index >= 15 is 0 Å². The highest BCUT2D eigenvalue weighted by molar-refractivity contribution is 5.80. The molecule has 1 unspecified atom stereocenters. The molecule has 1 saturated heterocycles. The summed E-state index contributed by atoms with van der Waals surface area (Å²) in [5.74, 6) is 1.52. The molecule has 4 rings (SSSR count). The lowest BCUT2D eigenvalue weighted by atomic mass is 9.85. The van der Waals surface area contributed by atoms with E-state index in [1.807, 2.05) is 23.1 Å². The van der Waals surface area contributed by atoms with Gasteiger partial charge >= 0.3 is 0 Å². The number of aromatic nitrogens is 2. The molecule has 5 nitrogen and oxygen atoms in total. The van der Waals surface area contributed by atoms with Crippen molar-refractivity contribution in [2.45, 2.75) is 44.9 Å². The molecule has 2 aromatic rings. The maximum absolute atomic E-state index is 12.4. The number of H-pyrrole nitrogens is 1. The van der Waals surface area contributed by atoms with E-state index in [1.54, 1.807) is 0 Å². The first kappa shape index (κ1) is 15.4. The minimum absolute atomic E-state index is 0.000489. The number of amides is 1. The predicted octanol–water partition coefficient (Wildman–Crippen LogP) is 2.60. The molecular weight excluding hydrogens is 302 g/mol. The Morgan fingerprint density at radius 3 is 2.83 bits per heavy atom. The van der Waals surface area contributed by atoms with E-state index in [9.17, 15) is 9.59 Å². The van der Waals surface area contributed by atoms with Crippen LogP contribution in [-0.2, 0) is 11.2 Å². The highest BCUT2D eigenvalue weighted by Crippen LogP contribution is 2.32. The van der Waals surface area contributed by atoms with Crippen LogP contribution in [-0.4, -0.2) is 33.9 Å². The number of benzene rings is 1. The Morgan fingerprint density at radius 2 is 2.12 bits per heavy atom. The van der Waals surface area contributed by atoms with Gasteiger partial charge in [0.1, 0.15) is 5.82 Å². The SMILES string of the molecule is CCc1ccc2nc(C3CC(=O)N(CC4CCC4)C3)[nH]c(=O)c2c1. The number of aromatic amines is 1. The minimum atomic E-state index is -0.102. The quantitative estimate of drug-likeness (QED) is 0.939. The molecular formula is C19H23N3O2. The highest BCUT2D eigenvalue weighted by atomic mass is 16.2. The van der Waals surface area contributed by atoms with Crippen LogP contribution >= 0.6 is 0 Å². The lowest BCUT2D eigenvalue weighted by molar-refractivity contribution is -0.128. The lowest BCUT2D eigenvalue weighted by Crippen LogP contribution is -2.33. The first-order valence-electron chi connectivity index (χ1n) is 8.94.